The maximum Gasteiger partial charge on any atom is 0.325 e. The fraction of sp³-hybridized carbons (Fsp3) is 0.917. The lowest BCUT2D eigenvalue weighted by molar-refractivity contribution is -0.148. The standard InChI is InChI=1S/C12H25NO3S/c1-12(13-2,11(14)16-4)7-5-6-9-17-10-8-15-3/h13H,5-10H2,1-4H3. The number of hydrogen-bond acceptors (Lipinski definition) is 5. The Bertz CT molecular complexity index is 214. The molecule has 4 nitrogen and oxygen atoms in total. The van der Waals surface area contributed by atoms with Crippen molar-refractivity contribution in [3.8, 4) is 0 Å². The van der Waals surface area contributed by atoms with Crippen LogP contribution in [0.5, 0.6) is 0 Å². The quantitative estimate of drug-likeness (QED) is 0.480. The lowest BCUT2D eigenvalue weighted by Gasteiger charge is -2.25. The molecule has 0 aliphatic rings. The average Bonchev–Trinajstić information content (AvgIpc) is 2.36. The summed E-state index contributed by atoms with van der Waals surface area (Å²) in [6.07, 6.45) is 2.94. The summed E-state index contributed by atoms with van der Waals surface area (Å²) in [5.74, 6) is 1.97. The van der Waals surface area contributed by atoms with Crippen molar-refractivity contribution in [2.45, 2.75) is 31.7 Å². The molecule has 0 aliphatic carbocycles. The number of hydrogen-bond donors (Lipinski definition) is 1. The van der Waals surface area contributed by atoms with Crippen molar-refractivity contribution < 1.29 is 14.3 Å². The highest BCUT2D eigenvalue weighted by atomic mass is 32.2. The van der Waals surface area contributed by atoms with Crippen LogP contribution in [0.1, 0.15) is 26.2 Å². The molecular weight excluding hydrogens is 238 g/mol. The van der Waals surface area contributed by atoms with Gasteiger partial charge in [0.15, 0.2) is 0 Å². The molecular formula is C12H25NO3S. The summed E-state index contributed by atoms with van der Waals surface area (Å²) in [4.78, 5) is 11.6. The van der Waals surface area contributed by atoms with Crippen molar-refractivity contribution in [1.82, 2.24) is 5.32 Å². The Balaban J connectivity index is 3.67. The van der Waals surface area contributed by atoms with Gasteiger partial charge in [-0.3, -0.25) is 4.79 Å². The van der Waals surface area contributed by atoms with E-state index in [1.165, 1.54) is 7.11 Å². The molecule has 0 aromatic heterocycles. The number of thioether (sulfide) groups is 1. The molecule has 102 valence electrons. The Morgan fingerprint density at radius 1 is 1.29 bits per heavy atom. The van der Waals surface area contributed by atoms with E-state index in [-0.39, 0.29) is 5.97 Å². The highest BCUT2D eigenvalue weighted by Crippen LogP contribution is 2.16. The highest BCUT2D eigenvalue weighted by molar-refractivity contribution is 7.99. The number of unbranched alkanes of at least 4 members (excludes halogenated alkanes) is 1. The highest BCUT2D eigenvalue weighted by Gasteiger charge is 2.31. The van der Waals surface area contributed by atoms with E-state index >= 15 is 0 Å². The summed E-state index contributed by atoms with van der Waals surface area (Å²) in [6, 6.07) is 0. The Hall–Kier alpha value is -0.260. The third-order valence-electron chi connectivity index (χ3n) is 2.83. The summed E-state index contributed by atoms with van der Waals surface area (Å²) in [5.41, 5.74) is -0.550. The monoisotopic (exact) mass is 263 g/mol. The van der Waals surface area contributed by atoms with Gasteiger partial charge in [0.25, 0.3) is 0 Å². The molecule has 1 N–H and O–H groups in total. The van der Waals surface area contributed by atoms with Gasteiger partial charge in [0, 0.05) is 12.9 Å². The molecule has 0 bridgehead atoms. The maximum atomic E-state index is 11.6. The third-order valence-corrected chi connectivity index (χ3v) is 3.87. The number of rotatable bonds is 10. The average molecular weight is 263 g/mol. The lowest BCUT2D eigenvalue weighted by atomic mass is 9.95. The number of methoxy groups -OCH3 is 2. The molecule has 0 aromatic rings. The van der Waals surface area contributed by atoms with Gasteiger partial charge in [-0.25, -0.2) is 0 Å². The van der Waals surface area contributed by atoms with Gasteiger partial charge in [-0.1, -0.05) is 6.42 Å². The van der Waals surface area contributed by atoms with Crippen LogP contribution < -0.4 is 5.32 Å². The van der Waals surface area contributed by atoms with Crippen LogP contribution >= 0.6 is 11.8 Å². The number of carbonyl (C=O) groups is 1. The van der Waals surface area contributed by atoms with Gasteiger partial charge in [-0.05, 0) is 32.6 Å². The first-order valence-electron chi connectivity index (χ1n) is 5.94. The number of likely N-dealkylation sites (N-methyl/N-ethyl adjacent to an activating group) is 1. The first-order chi connectivity index (χ1) is 8.10. The van der Waals surface area contributed by atoms with E-state index in [0.29, 0.717) is 0 Å². The number of ether oxygens (including phenoxy) is 2. The summed E-state index contributed by atoms with van der Waals surface area (Å²) >= 11 is 1.89. The molecule has 0 aliphatic heterocycles. The lowest BCUT2D eigenvalue weighted by Crippen LogP contribution is -2.48. The first kappa shape index (κ1) is 16.7. The van der Waals surface area contributed by atoms with Crippen LogP contribution in [0, 0.1) is 0 Å². The van der Waals surface area contributed by atoms with Crippen molar-refractivity contribution >= 4 is 17.7 Å². The molecule has 1 atom stereocenters. The molecule has 0 radical (unpaired) electrons. The number of carbonyl (C=O) groups excluding carboxylic acids is 1. The van der Waals surface area contributed by atoms with E-state index in [2.05, 4.69) is 5.32 Å². The van der Waals surface area contributed by atoms with Crippen LogP contribution in [-0.4, -0.2) is 50.9 Å². The van der Waals surface area contributed by atoms with Crippen molar-refractivity contribution in [2.24, 2.45) is 0 Å². The second-order valence-corrected chi connectivity index (χ2v) is 5.36. The second kappa shape index (κ2) is 9.74. The fourth-order valence-electron chi connectivity index (χ4n) is 1.48. The molecule has 0 amide bonds. The zero-order valence-corrected chi connectivity index (χ0v) is 12.2. The summed E-state index contributed by atoms with van der Waals surface area (Å²) in [5, 5.41) is 3.04. The molecule has 5 heteroatoms. The predicted molar refractivity (Wildman–Crippen MR) is 72.5 cm³/mol. The molecule has 0 heterocycles. The van der Waals surface area contributed by atoms with Crippen LogP contribution in [-0.2, 0) is 14.3 Å². The minimum atomic E-state index is -0.550. The van der Waals surface area contributed by atoms with Crippen LogP contribution in [0.25, 0.3) is 0 Å². The molecule has 0 rings (SSSR count). The maximum absolute atomic E-state index is 11.6. The zero-order chi connectivity index (χ0) is 13.1. The first-order valence-corrected chi connectivity index (χ1v) is 7.10. The smallest absolute Gasteiger partial charge is 0.325 e. The minimum absolute atomic E-state index is 0.188. The van der Waals surface area contributed by atoms with Crippen molar-refractivity contribution in [3.63, 3.8) is 0 Å². The van der Waals surface area contributed by atoms with Gasteiger partial charge < -0.3 is 14.8 Å². The fourth-order valence-corrected chi connectivity index (χ4v) is 2.38. The molecule has 0 spiro atoms. The Kier molecular flexibility index (Phi) is 9.59. The van der Waals surface area contributed by atoms with Gasteiger partial charge in [-0.2, -0.15) is 11.8 Å². The Labute approximate surface area is 109 Å². The van der Waals surface area contributed by atoms with Crippen molar-refractivity contribution in [2.75, 3.05) is 39.4 Å². The zero-order valence-electron chi connectivity index (χ0n) is 11.4. The van der Waals surface area contributed by atoms with Gasteiger partial charge in [-0.15, -0.1) is 0 Å². The van der Waals surface area contributed by atoms with Gasteiger partial charge in [0.2, 0.25) is 0 Å². The third kappa shape index (κ3) is 6.91. The van der Waals surface area contributed by atoms with Crippen LogP contribution in [0.4, 0.5) is 0 Å². The van der Waals surface area contributed by atoms with Gasteiger partial charge >= 0.3 is 5.97 Å². The molecule has 0 saturated carbocycles. The van der Waals surface area contributed by atoms with E-state index in [1.54, 1.807) is 14.2 Å². The van der Waals surface area contributed by atoms with Crippen molar-refractivity contribution in [1.29, 1.82) is 0 Å². The molecule has 0 fully saturated rings. The number of esters is 1. The van der Waals surface area contributed by atoms with Crippen LogP contribution in [0.2, 0.25) is 0 Å². The molecule has 0 saturated heterocycles. The molecule has 1 unspecified atom stereocenters. The molecule has 0 aromatic carbocycles. The van der Waals surface area contributed by atoms with E-state index in [0.717, 1.165) is 37.4 Å². The predicted octanol–water partition coefficient (Wildman–Crippen LogP) is 1.69. The summed E-state index contributed by atoms with van der Waals surface area (Å²) < 4.78 is 9.77. The largest absolute Gasteiger partial charge is 0.468 e. The van der Waals surface area contributed by atoms with Crippen LogP contribution in [0.15, 0.2) is 0 Å². The summed E-state index contributed by atoms with van der Waals surface area (Å²) in [7, 11) is 4.94. The molecule has 17 heavy (non-hydrogen) atoms. The SMILES string of the molecule is CNC(C)(CCCCSCCOC)C(=O)OC. The Morgan fingerprint density at radius 2 is 2.00 bits per heavy atom. The minimum Gasteiger partial charge on any atom is -0.468 e. The van der Waals surface area contributed by atoms with Crippen LogP contribution in [0.3, 0.4) is 0 Å². The topological polar surface area (TPSA) is 47.6 Å². The normalized spacial score (nSPS) is 14.4. The Morgan fingerprint density at radius 3 is 2.53 bits per heavy atom. The van der Waals surface area contributed by atoms with E-state index in [1.807, 2.05) is 18.7 Å². The summed E-state index contributed by atoms with van der Waals surface area (Å²) in [6.45, 7) is 2.69. The van der Waals surface area contributed by atoms with Gasteiger partial charge in [0.05, 0.1) is 13.7 Å². The van der Waals surface area contributed by atoms with Gasteiger partial charge in [0.1, 0.15) is 5.54 Å². The van der Waals surface area contributed by atoms with Crippen molar-refractivity contribution in [3.05, 3.63) is 0 Å². The van der Waals surface area contributed by atoms with E-state index in [9.17, 15) is 4.79 Å². The second-order valence-electron chi connectivity index (χ2n) is 4.14. The van der Waals surface area contributed by atoms with E-state index in [4.69, 9.17) is 9.47 Å². The van der Waals surface area contributed by atoms with E-state index < -0.39 is 5.54 Å². The number of nitrogens with one attached hydrogen (secondary N) is 1.